The van der Waals surface area contributed by atoms with Gasteiger partial charge in [-0.05, 0) is 38.5 Å². The molecule has 14 heteroatoms. The van der Waals surface area contributed by atoms with Gasteiger partial charge < -0.3 is 65.1 Å². The van der Waals surface area contributed by atoms with Crippen LogP contribution in [-0.2, 0) is 23.7 Å². The first-order valence-electron chi connectivity index (χ1n) is 32.4. The van der Waals surface area contributed by atoms with E-state index in [9.17, 15) is 45.6 Å². The fourth-order valence-corrected chi connectivity index (χ4v) is 11.0. The van der Waals surface area contributed by atoms with Gasteiger partial charge in [-0.3, -0.25) is 4.79 Å². The molecular formula is C63H121NO13. The first-order valence-corrected chi connectivity index (χ1v) is 32.4. The summed E-state index contributed by atoms with van der Waals surface area (Å²) < 4.78 is 22.8. The summed E-state index contributed by atoms with van der Waals surface area (Å²) in [7, 11) is 0. The Kier molecular flexibility index (Phi) is 46.0. The van der Waals surface area contributed by atoms with Crippen molar-refractivity contribution in [2.24, 2.45) is 0 Å². The van der Waals surface area contributed by atoms with Gasteiger partial charge >= 0.3 is 0 Å². The van der Waals surface area contributed by atoms with Gasteiger partial charge in [0.1, 0.15) is 48.8 Å². The lowest BCUT2D eigenvalue weighted by molar-refractivity contribution is -0.359. The fraction of sp³-hybridized carbons (Fsp3) is 0.952. The highest BCUT2D eigenvalue weighted by Crippen LogP contribution is 2.30. The summed E-state index contributed by atoms with van der Waals surface area (Å²) in [6.45, 7) is 2.86. The third-order valence-corrected chi connectivity index (χ3v) is 16.2. The average molecular weight is 1100 g/mol. The Morgan fingerprint density at radius 3 is 1.26 bits per heavy atom. The van der Waals surface area contributed by atoms with Crippen molar-refractivity contribution in [1.29, 1.82) is 0 Å². The van der Waals surface area contributed by atoms with Gasteiger partial charge in [-0.15, -0.1) is 0 Å². The molecule has 2 saturated heterocycles. The molecule has 0 spiro atoms. The number of carbonyl (C=O) groups excluding carboxylic acids is 1. The summed E-state index contributed by atoms with van der Waals surface area (Å²) in [5, 5.41) is 87.3. The van der Waals surface area contributed by atoms with Crippen LogP contribution in [0.3, 0.4) is 0 Å². The van der Waals surface area contributed by atoms with Crippen LogP contribution in [0.1, 0.15) is 290 Å². The van der Waals surface area contributed by atoms with Crippen LogP contribution in [0.2, 0.25) is 0 Å². The summed E-state index contributed by atoms with van der Waals surface area (Å²) >= 11 is 0. The molecule has 9 N–H and O–H groups in total. The van der Waals surface area contributed by atoms with E-state index in [0.29, 0.717) is 19.3 Å². The molecule has 0 bridgehead atoms. The van der Waals surface area contributed by atoms with Gasteiger partial charge in [0.15, 0.2) is 12.6 Å². The molecule has 1 amide bonds. The molecule has 2 fully saturated rings. The van der Waals surface area contributed by atoms with Crippen LogP contribution in [0.25, 0.3) is 0 Å². The van der Waals surface area contributed by atoms with Gasteiger partial charge in [0.05, 0.1) is 32.0 Å². The maximum Gasteiger partial charge on any atom is 0.220 e. The molecule has 2 aliphatic heterocycles. The van der Waals surface area contributed by atoms with E-state index in [-0.39, 0.29) is 12.5 Å². The highest BCUT2D eigenvalue weighted by Gasteiger charge is 2.51. The number of allylic oxidation sites excluding steroid dienone is 2. The van der Waals surface area contributed by atoms with Crippen molar-refractivity contribution in [3.8, 4) is 0 Å². The second-order valence-electron chi connectivity index (χ2n) is 23.2. The zero-order valence-corrected chi connectivity index (χ0v) is 49.2. The Labute approximate surface area is 469 Å². The Morgan fingerprint density at radius 1 is 0.455 bits per heavy atom. The Balaban J connectivity index is 1.63. The Morgan fingerprint density at radius 2 is 0.818 bits per heavy atom. The topological polar surface area (TPSA) is 228 Å². The monoisotopic (exact) mass is 1100 g/mol. The predicted molar refractivity (Wildman–Crippen MR) is 309 cm³/mol. The van der Waals surface area contributed by atoms with Crippen molar-refractivity contribution < 1.29 is 64.6 Å². The number of carbonyl (C=O) groups is 1. The fourth-order valence-electron chi connectivity index (χ4n) is 11.0. The zero-order valence-electron chi connectivity index (χ0n) is 49.2. The van der Waals surface area contributed by atoms with Crippen LogP contribution in [0, 0.1) is 0 Å². The lowest BCUT2D eigenvalue weighted by Gasteiger charge is -2.46. The van der Waals surface area contributed by atoms with Crippen molar-refractivity contribution in [3.05, 3.63) is 12.2 Å². The Bertz CT molecular complexity index is 1340. The summed E-state index contributed by atoms with van der Waals surface area (Å²) in [6, 6.07) is -0.830. The average Bonchev–Trinajstić information content (AvgIpc) is 3.44. The third kappa shape index (κ3) is 34.7. The lowest BCUT2D eigenvalue weighted by atomic mass is 9.97. The van der Waals surface area contributed by atoms with E-state index >= 15 is 0 Å². The van der Waals surface area contributed by atoms with Gasteiger partial charge in [0.25, 0.3) is 0 Å². The molecule has 0 radical (unpaired) electrons. The van der Waals surface area contributed by atoms with Crippen LogP contribution in [0.15, 0.2) is 12.2 Å². The molecule has 0 saturated carbocycles. The second kappa shape index (κ2) is 49.3. The molecule has 0 aliphatic carbocycles. The molecule has 2 rings (SSSR count). The van der Waals surface area contributed by atoms with E-state index in [1.807, 2.05) is 0 Å². The predicted octanol–water partition coefficient (Wildman–Crippen LogP) is 11.8. The van der Waals surface area contributed by atoms with E-state index in [1.54, 1.807) is 0 Å². The number of rotatable bonds is 53. The summed E-state index contributed by atoms with van der Waals surface area (Å²) in [5.74, 6) is -0.213. The van der Waals surface area contributed by atoms with E-state index in [4.69, 9.17) is 18.9 Å². The number of hydrogen-bond acceptors (Lipinski definition) is 13. The molecule has 0 aromatic rings. The first-order chi connectivity index (χ1) is 37.6. The SMILES string of the molecule is CCCCC/C=C\CCCCCCCC(=O)NC(COC1OC(CO)C(OC2OC(CO)C(O)C(O)C2O)C(O)C1O)C(O)CCCCCCCCCCCCCCCCCCCCCCCCCCCCCCCCC. The normalized spacial score (nSPS) is 24.7. The summed E-state index contributed by atoms with van der Waals surface area (Å²) in [4.78, 5) is 13.2. The minimum absolute atomic E-state index is 0.213. The number of unbranched alkanes of at least 4 members (excludes halogenated alkanes) is 38. The number of ether oxygens (including phenoxy) is 4. The maximum absolute atomic E-state index is 13.2. The Hall–Kier alpha value is -1.27. The van der Waals surface area contributed by atoms with Gasteiger partial charge in [-0.1, -0.05) is 257 Å². The quantitative estimate of drug-likeness (QED) is 0.0204. The zero-order chi connectivity index (χ0) is 56.0. The maximum atomic E-state index is 13.2. The molecule has 77 heavy (non-hydrogen) atoms. The number of amides is 1. The molecular weight excluding hydrogens is 979 g/mol. The van der Waals surface area contributed by atoms with Crippen LogP contribution in [-0.4, -0.2) is 140 Å². The lowest BCUT2D eigenvalue weighted by Crippen LogP contribution is -2.65. The van der Waals surface area contributed by atoms with Gasteiger partial charge in [-0.2, -0.15) is 0 Å². The second-order valence-corrected chi connectivity index (χ2v) is 23.2. The van der Waals surface area contributed by atoms with Gasteiger partial charge in [-0.25, -0.2) is 0 Å². The van der Waals surface area contributed by atoms with E-state index in [0.717, 1.165) is 64.2 Å². The van der Waals surface area contributed by atoms with Crippen molar-refractivity contribution in [2.45, 2.75) is 364 Å². The van der Waals surface area contributed by atoms with E-state index in [2.05, 4.69) is 31.3 Å². The van der Waals surface area contributed by atoms with E-state index in [1.165, 1.54) is 193 Å². The van der Waals surface area contributed by atoms with Crippen LogP contribution in [0.4, 0.5) is 0 Å². The number of aliphatic hydroxyl groups is 8. The molecule has 0 aromatic carbocycles. The molecule has 456 valence electrons. The smallest absolute Gasteiger partial charge is 0.220 e. The number of nitrogens with one attached hydrogen (secondary N) is 1. The minimum atomic E-state index is -1.78. The molecule has 2 heterocycles. The molecule has 0 aromatic heterocycles. The van der Waals surface area contributed by atoms with Crippen molar-refractivity contribution in [2.75, 3.05) is 19.8 Å². The number of aliphatic hydroxyl groups excluding tert-OH is 8. The standard InChI is InChI=1S/C63H121NO13/c1-3-5-7-9-11-13-15-17-18-19-20-21-22-23-24-25-26-27-28-29-30-31-32-33-34-35-36-38-40-42-44-46-52(67)51(64-55(68)47-45-43-41-39-37-16-14-12-10-8-6-4-2)50-74-62-60(73)58(71)61(54(49-66)76-62)77-63-59(72)57(70)56(69)53(48-65)75-63/h12,14,51-54,56-63,65-67,69-73H,3-11,13,15-50H2,1-2H3,(H,64,68)/b14-12-. The van der Waals surface area contributed by atoms with Crippen molar-refractivity contribution in [1.82, 2.24) is 5.32 Å². The molecule has 14 nitrogen and oxygen atoms in total. The van der Waals surface area contributed by atoms with Crippen molar-refractivity contribution in [3.63, 3.8) is 0 Å². The molecule has 2 aliphatic rings. The third-order valence-electron chi connectivity index (χ3n) is 16.2. The van der Waals surface area contributed by atoms with Crippen LogP contribution >= 0.6 is 0 Å². The minimum Gasteiger partial charge on any atom is -0.394 e. The molecule has 12 unspecified atom stereocenters. The first kappa shape index (κ1) is 71.8. The number of hydrogen-bond donors (Lipinski definition) is 9. The van der Waals surface area contributed by atoms with E-state index < -0.39 is 86.8 Å². The highest BCUT2D eigenvalue weighted by atomic mass is 16.7. The van der Waals surface area contributed by atoms with Gasteiger partial charge in [0, 0.05) is 6.42 Å². The summed E-state index contributed by atoms with van der Waals surface area (Å²) in [6.07, 6.45) is 41.0. The summed E-state index contributed by atoms with van der Waals surface area (Å²) in [5.41, 5.74) is 0. The molecule has 12 atom stereocenters. The van der Waals surface area contributed by atoms with Crippen LogP contribution < -0.4 is 5.32 Å². The largest absolute Gasteiger partial charge is 0.394 e. The van der Waals surface area contributed by atoms with Crippen molar-refractivity contribution >= 4 is 5.91 Å². The van der Waals surface area contributed by atoms with Crippen LogP contribution in [0.5, 0.6) is 0 Å². The highest BCUT2D eigenvalue weighted by molar-refractivity contribution is 5.76. The van der Waals surface area contributed by atoms with Gasteiger partial charge in [0.2, 0.25) is 5.91 Å².